The van der Waals surface area contributed by atoms with Crippen LogP contribution >= 0.6 is 0 Å². The van der Waals surface area contributed by atoms with Crippen molar-refractivity contribution < 1.29 is 0 Å². The van der Waals surface area contributed by atoms with Gasteiger partial charge in [0.2, 0.25) is 0 Å². The predicted octanol–water partition coefficient (Wildman–Crippen LogP) is 2.67. The van der Waals surface area contributed by atoms with Gasteiger partial charge in [-0.3, -0.25) is 4.98 Å². The molecule has 0 spiro atoms. The number of pyridine rings is 1. The van der Waals surface area contributed by atoms with Gasteiger partial charge in [-0.05, 0) is 12.1 Å². The average molecular weight is 223 g/mol. The van der Waals surface area contributed by atoms with Crippen molar-refractivity contribution in [3.05, 3.63) is 60.8 Å². The van der Waals surface area contributed by atoms with Crippen LogP contribution in [0.25, 0.3) is 10.9 Å². The van der Waals surface area contributed by atoms with Crippen LogP contribution in [0.3, 0.4) is 0 Å². The summed E-state index contributed by atoms with van der Waals surface area (Å²) < 4.78 is 2.07. The Morgan fingerprint density at radius 2 is 2.00 bits per heavy atom. The molecule has 0 unspecified atom stereocenters. The molecule has 2 aromatic heterocycles. The quantitative estimate of drug-likeness (QED) is 0.683. The summed E-state index contributed by atoms with van der Waals surface area (Å²) in [6.07, 6.45) is 6.54. The van der Waals surface area contributed by atoms with Gasteiger partial charge < -0.3 is 4.57 Å². The molecule has 2 heterocycles. The van der Waals surface area contributed by atoms with Crippen LogP contribution in [-0.4, -0.2) is 14.5 Å². The molecule has 0 aliphatic rings. The third-order valence-corrected chi connectivity index (χ3v) is 2.84. The second kappa shape index (κ2) is 4.37. The van der Waals surface area contributed by atoms with Gasteiger partial charge in [-0.2, -0.15) is 0 Å². The summed E-state index contributed by atoms with van der Waals surface area (Å²) >= 11 is 0. The molecule has 0 aliphatic carbocycles. The number of hydrogen-bond donors (Lipinski definition) is 0. The van der Waals surface area contributed by atoms with Crippen molar-refractivity contribution in [1.82, 2.24) is 14.5 Å². The third-order valence-electron chi connectivity index (χ3n) is 2.84. The molecule has 0 saturated heterocycles. The van der Waals surface area contributed by atoms with Gasteiger partial charge in [0.15, 0.2) is 0 Å². The monoisotopic (exact) mass is 223 g/mol. The molecule has 1 aromatic carbocycles. The smallest absolute Gasteiger partial charge is 0.0946 e. The molecular formula is C14H13N3. The zero-order chi connectivity index (χ0) is 11.5. The highest BCUT2D eigenvalue weighted by Crippen LogP contribution is 2.12. The molecule has 84 valence electrons. The normalized spacial score (nSPS) is 10.8. The van der Waals surface area contributed by atoms with E-state index in [0.717, 1.165) is 24.2 Å². The van der Waals surface area contributed by atoms with Crippen molar-refractivity contribution >= 4 is 10.9 Å². The number of para-hydroxylation sites is 1. The minimum atomic E-state index is 0.922. The number of aryl methyl sites for hydroxylation is 2. The first-order chi connectivity index (χ1) is 8.42. The molecule has 0 atom stereocenters. The summed E-state index contributed by atoms with van der Waals surface area (Å²) in [6.45, 7) is 0.922. The van der Waals surface area contributed by atoms with Gasteiger partial charge >= 0.3 is 0 Å². The third kappa shape index (κ3) is 2.18. The van der Waals surface area contributed by atoms with Crippen molar-refractivity contribution in [2.24, 2.45) is 0 Å². The van der Waals surface area contributed by atoms with Gasteiger partial charge in [-0.1, -0.05) is 24.3 Å². The Labute approximate surface area is 99.8 Å². The summed E-state index contributed by atoms with van der Waals surface area (Å²) in [4.78, 5) is 8.67. The predicted molar refractivity (Wildman–Crippen MR) is 67.7 cm³/mol. The summed E-state index contributed by atoms with van der Waals surface area (Å²) in [5.74, 6) is 0. The minimum Gasteiger partial charge on any atom is -0.337 e. The van der Waals surface area contributed by atoms with Crippen LogP contribution in [0.1, 0.15) is 5.69 Å². The second-order valence-corrected chi connectivity index (χ2v) is 4.05. The fraction of sp³-hybridized carbons (Fsp3) is 0.143. The van der Waals surface area contributed by atoms with Crippen molar-refractivity contribution in [3.8, 4) is 0 Å². The summed E-state index contributed by atoms with van der Waals surface area (Å²) in [5, 5.41) is 1.19. The van der Waals surface area contributed by atoms with Gasteiger partial charge in [-0.25, -0.2) is 4.98 Å². The molecule has 0 aliphatic heterocycles. The molecule has 0 N–H and O–H groups in total. The summed E-state index contributed by atoms with van der Waals surface area (Å²) in [5.41, 5.74) is 2.19. The molecule has 3 heteroatoms. The Bertz CT molecular complexity index is 614. The van der Waals surface area contributed by atoms with E-state index in [1.54, 1.807) is 6.20 Å². The molecule has 0 fully saturated rings. The maximum Gasteiger partial charge on any atom is 0.0946 e. The fourth-order valence-electron chi connectivity index (χ4n) is 1.91. The fourth-order valence-corrected chi connectivity index (χ4v) is 1.91. The van der Waals surface area contributed by atoms with Gasteiger partial charge in [0.05, 0.1) is 11.8 Å². The highest BCUT2D eigenvalue weighted by molar-refractivity contribution is 5.78. The number of hydrogen-bond acceptors (Lipinski definition) is 2. The average Bonchev–Trinajstić information content (AvgIpc) is 2.89. The van der Waals surface area contributed by atoms with E-state index in [9.17, 15) is 0 Å². The van der Waals surface area contributed by atoms with Gasteiger partial charge in [-0.15, -0.1) is 0 Å². The Balaban J connectivity index is 1.81. The number of benzene rings is 1. The number of imidazole rings is 1. The van der Waals surface area contributed by atoms with Crippen LogP contribution < -0.4 is 0 Å². The number of rotatable bonds is 3. The maximum absolute atomic E-state index is 4.64. The van der Waals surface area contributed by atoms with E-state index in [-0.39, 0.29) is 0 Å². The Morgan fingerprint density at radius 3 is 2.88 bits per heavy atom. The van der Waals surface area contributed by atoms with E-state index in [4.69, 9.17) is 0 Å². The summed E-state index contributed by atoms with van der Waals surface area (Å²) in [7, 11) is 0. The van der Waals surface area contributed by atoms with E-state index in [0.29, 0.717) is 0 Å². The zero-order valence-electron chi connectivity index (χ0n) is 9.45. The Hall–Kier alpha value is -2.16. The molecule has 3 rings (SSSR count). The lowest BCUT2D eigenvalue weighted by Crippen LogP contribution is -2.00. The first kappa shape index (κ1) is 10.0. The van der Waals surface area contributed by atoms with Crippen LogP contribution in [0, 0.1) is 0 Å². The van der Waals surface area contributed by atoms with E-state index in [1.165, 1.54) is 5.39 Å². The minimum absolute atomic E-state index is 0.922. The largest absolute Gasteiger partial charge is 0.337 e. The van der Waals surface area contributed by atoms with Crippen molar-refractivity contribution in [2.45, 2.75) is 13.0 Å². The van der Waals surface area contributed by atoms with E-state index in [2.05, 4.69) is 38.8 Å². The lowest BCUT2D eigenvalue weighted by atomic mass is 10.2. The van der Waals surface area contributed by atoms with Gasteiger partial charge in [0.25, 0.3) is 0 Å². The number of nitrogens with zero attached hydrogens (tertiary/aromatic N) is 3. The van der Waals surface area contributed by atoms with Crippen molar-refractivity contribution in [2.75, 3.05) is 0 Å². The highest BCUT2D eigenvalue weighted by Gasteiger charge is 1.98. The topological polar surface area (TPSA) is 30.7 Å². The standard InChI is InChI=1S/C14H13N3/c1-2-4-14-12(3-1)5-6-13(16-14)7-9-17-10-8-15-11-17/h1-6,8,10-11H,7,9H2. The molecule has 0 amide bonds. The van der Waals surface area contributed by atoms with Crippen LogP contribution in [0.4, 0.5) is 0 Å². The van der Waals surface area contributed by atoms with Crippen molar-refractivity contribution in [3.63, 3.8) is 0 Å². The molecule has 0 radical (unpaired) electrons. The van der Waals surface area contributed by atoms with Gasteiger partial charge in [0, 0.05) is 36.4 Å². The van der Waals surface area contributed by atoms with Crippen LogP contribution in [0.5, 0.6) is 0 Å². The van der Waals surface area contributed by atoms with E-state index >= 15 is 0 Å². The number of fused-ring (bicyclic) bond motifs is 1. The zero-order valence-corrected chi connectivity index (χ0v) is 9.45. The molecule has 0 saturated carbocycles. The second-order valence-electron chi connectivity index (χ2n) is 4.05. The molecule has 17 heavy (non-hydrogen) atoms. The van der Waals surface area contributed by atoms with Crippen LogP contribution in [0.15, 0.2) is 55.1 Å². The van der Waals surface area contributed by atoms with E-state index < -0.39 is 0 Å². The molecular weight excluding hydrogens is 210 g/mol. The van der Waals surface area contributed by atoms with Crippen LogP contribution in [-0.2, 0) is 13.0 Å². The lowest BCUT2D eigenvalue weighted by molar-refractivity contribution is 0.686. The first-order valence-corrected chi connectivity index (χ1v) is 5.72. The first-order valence-electron chi connectivity index (χ1n) is 5.72. The van der Waals surface area contributed by atoms with Crippen LogP contribution in [0.2, 0.25) is 0 Å². The SMILES string of the molecule is c1ccc2nc(CCn3ccnc3)ccc2c1. The lowest BCUT2D eigenvalue weighted by Gasteiger charge is -2.03. The Kier molecular flexibility index (Phi) is 2.58. The Morgan fingerprint density at radius 1 is 1.06 bits per heavy atom. The summed E-state index contributed by atoms with van der Waals surface area (Å²) in [6, 6.07) is 12.4. The molecule has 3 nitrogen and oxygen atoms in total. The highest BCUT2D eigenvalue weighted by atomic mass is 15.0. The van der Waals surface area contributed by atoms with Gasteiger partial charge in [0.1, 0.15) is 0 Å². The van der Waals surface area contributed by atoms with E-state index in [1.807, 2.05) is 24.7 Å². The maximum atomic E-state index is 4.64. The van der Waals surface area contributed by atoms with Crippen molar-refractivity contribution in [1.29, 1.82) is 0 Å². The molecule has 3 aromatic rings. The molecule has 0 bridgehead atoms. The number of aromatic nitrogens is 3.